The summed E-state index contributed by atoms with van der Waals surface area (Å²) < 4.78 is 18.8. The average Bonchev–Trinajstić information content (AvgIpc) is 2.28. The van der Waals surface area contributed by atoms with Crippen LogP contribution in [0.1, 0.15) is 6.92 Å². The van der Waals surface area contributed by atoms with E-state index in [4.69, 9.17) is 16.3 Å². The van der Waals surface area contributed by atoms with Crippen LogP contribution < -0.4 is 5.32 Å². The quantitative estimate of drug-likeness (QED) is 0.871. The van der Waals surface area contributed by atoms with Crippen molar-refractivity contribution < 1.29 is 13.9 Å². The summed E-state index contributed by atoms with van der Waals surface area (Å²) in [5.41, 5.74) is 0.0297. The molecule has 1 aromatic rings. The highest BCUT2D eigenvalue weighted by Gasteiger charge is 2.16. The summed E-state index contributed by atoms with van der Waals surface area (Å²) >= 11 is 8.75. The Bertz CT molecular complexity index is 414. The standard InChI is InChI=1S/C10H10BrClFNO2/c1-5(16-2)10(15)14-7-4-3-6(11)8(12)9(7)13/h3-5H,1-2H3,(H,14,15)/t5-/m0/s1. The van der Waals surface area contributed by atoms with Gasteiger partial charge in [-0.1, -0.05) is 11.6 Å². The number of carbonyl (C=O) groups excluding carboxylic acids is 1. The third-order valence-corrected chi connectivity index (χ3v) is 3.27. The van der Waals surface area contributed by atoms with Crippen LogP contribution in [0.2, 0.25) is 5.02 Å². The van der Waals surface area contributed by atoms with Crippen molar-refractivity contribution >= 4 is 39.1 Å². The monoisotopic (exact) mass is 309 g/mol. The molecule has 0 aliphatic heterocycles. The van der Waals surface area contributed by atoms with Crippen molar-refractivity contribution in [3.8, 4) is 0 Å². The first kappa shape index (κ1) is 13.4. The van der Waals surface area contributed by atoms with E-state index in [1.54, 1.807) is 13.0 Å². The van der Waals surface area contributed by atoms with Gasteiger partial charge in [-0.25, -0.2) is 4.39 Å². The molecule has 1 aromatic carbocycles. The van der Waals surface area contributed by atoms with E-state index in [9.17, 15) is 9.18 Å². The summed E-state index contributed by atoms with van der Waals surface area (Å²) in [5, 5.41) is 2.32. The number of amides is 1. The molecule has 0 saturated carbocycles. The molecule has 0 bridgehead atoms. The van der Waals surface area contributed by atoms with Crippen LogP contribution in [-0.2, 0) is 9.53 Å². The highest BCUT2D eigenvalue weighted by Crippen LogP contribution is 2.30. The molecule has 88 valence electrons. The summed E-state index contributed by atoms with van der Waals surface area (Å²) in [6.07, 6.45) is -0.651. The van der Waals surface area contributed by atoms with E-state index in [-0.39, 0.29) is 10.7 Å². The lowest BCUT2D eigenvalue weighted by Crippen LogP contribution is -2.26. The summed E-state index contributed by atoms with van der Waals surface area (Å²) in [4.78, 5) is 11.4. The van der Waals surface area contributed by atoms with Gasteiger partial charge in [0.1, 0.15) is 6.10 Å². The third kappa shape index (κ3) is 2.93. The first-order chi connectivity index (χ1) is 7.47. The lowest BCUT2D eigenvalue weighted by molar-refractivity contribution is -0.124. The molecule has 0 fully saturated rings. The zero-order valence-electron chi connectivity index (χ0n) is 8.68. The van der Waals surface area contributed by atoms with Gasteiger partial charge in [0, 0.05) is 11.6 Å². The second-order valence-electron chi connectivity index (χ2n) is 3.09. The van der Waals surface area contributed by atoms with Crippen LogP contribution in [0.25, 0.3) is 0 Å². The topological polar surface area (TPSA) is 38.3 Å². The maximum atomic E-state index is 13.6. The van der Waals surface area contributed by atoms with Gasteiger partial charge in [0.15, 0.2) is 5.82 Å². The number of rotatable bonds is 3. The number of hydrogen-bond donors (Lipinski definition) is 1. The number of carbonyl (C=O) groups is 1. The number of ether oxygens (including phenoxy) is 1. The van der Waals surface area contributed by atoms with Gasteiger partial charge < -0.3 is 10.1 Å². The molecule has 1 amide bonds. The number of benzene rings is 1. The molecule has 6 heteroatoms. The van der Waals surface area contributed by atoms with E-state index in [0.29, 0.717) is 4.47 Å². The highest BCUT2D eigenvalue weighted by molar-refractivity contribution is 9.10. The van der Waals surface area contributed by atoms with Crippen LogP contribution in [0.4, 0.5) is 10.1 Å². The SMILES string of the molecule is CO[C@@H](C)C(=O)Nc1ccc(Br)c(Cl)c1F. The van der Waals surface area contributed by atoms with Crippen LogP contribution in [0.15, 0.2) is 16.6 Å². The smallest absolute Gasteiger partial charge is 0.253 e. The fourth-order valence-corrected chi connectivity index (χ4v) is 1.43. The van der Waals surface area contributed by atoms with Crippen LogP contribution in [0.3, 0.4) is 0 Å². The lowest BCUT2D eigenvalue weighted by atomic mass is 10.3. The number of anilines is 1. The molecule has 0 spiro atoms. The number of methoxy groups -OCH3 is 1. The van der Waals surface area contributed by atoms with Crippen molar-refractivity contribution in [2.45, 2.75) is 13.0 Å². The van der Waals surface area contributed by atoms with Gasteiger partial charge in [-0.3, -0.25) is 4.79 Å². The fourth-order valence-electron chi connectivity index (χ4n) is 0.964. The predicted octanol–water partition coefficient (Wildman–Crippen LogP) is 3.22. The first-order valence-corrected chi connectivity index (χ1v) is 5.61. The van der Waals surface area contributed by atoms with Crippen LogP contribution in [-0.4, -0.2) is 19.1 Å². The Morgan fingerprint density at radius 3 is 2.81 bits per heavy atom. The molecule has 0 aliphatic carbocycles. The van der Waals surface area contributed by atoms with Gasteiger partial charge in [0.05, 0.1) is 10.7 Å². The minimum Gasteiger partial charge on any atom is -0.372 e. The first-order valence-electron chi connectivity index (χ1n) is 4.44. The Labute approximate surface area is 106 Å². The molecule has 16 heavy (non-hydrogen) atoms. The average molecular weight is 311 g/mol. The van der Waals surface area contributed by atoms with Crippen LogP contribution in [0.5, 0.6) is 0 Å². The molecule has 1 rings (SSSR count). The van der Waals surface area contributed by atoms with E-state index in [1.807, 2.05) is 0 Å². The molecule has 1 atom stereocenters. The molecular formula is C10H10BrClFNO2. The summed E-state index contributed by atoms with van der Waals surface area (Å²) in [6.45, 7) is 1.56. The summed E-state index contributed by atoms with van der Waals surface area (Å²) in [7, 11) is 1.40. The number of hydrogen-bond acceptors (Lipinski definition) is 2. The van der Waals surface area contributed by atoms with Crippen molar-refractivity contribution in [2.24, 2.45) is 0 Å². The van der Waals surface area contributed by atoms with Crippen molar-refractivity contribution in [3.05, 3.63) is 27.4 Å². The van der Waals surface area contributed by atoms with Gasteiger partial charge in [0.2, 0.25) is 0 Å². The molecule has 0 saturated heterocycles. The largest absolute Gasteiger partial charge is 0.372 e. The van der Waals surface area contributed by atoms with E-state index in [0.717, 1.165) is 0 Å². The van der Waals surface area contributed by atoms with Gasteiger partial charge in [-0.05, 0) is 35.0 Å². The zero-order valence-corrected chi connectivity index (χ0v) is 11.0. The maximum absolute atomic E-state index is 13.6. The maximum Gasteiger partial charge on any atom is 0.253 e. The highest BCUT2D eigenvalue weighted by atomic mass is 79.9. The van der Waals surface area contributed by atoms with E-state index in [2.05, 4.69) is 21.2 Å². The molecule has 1 N–H and O–H groups in total. The molecular weight excluding hydrogens is 300 g/mol. The summed E-state index contributed by atoms with van der Waals surface area (Å²) in [6, 6.07) is 2.98. The molecule has 0 unspecified atom stereocenters. The Kier molecular flexibility index (Phi) is 4.70. The Morgan fingerprint density at radius 1 is 1.62 bits per heavy atom. The van der Waals surface area contributed by atoms with E-state index >= 15 is 0 Å². The van der Waals surface area contributed by atoms with Crippen molar-refractivity contribution in [3.63, 3.8) is 0 Å². The second kappa shape index (κ2) is 5.61. The Hall–Kier alpha value is -0.650. The van der Waals surface area contributed by atoms with Gasteiger partial charge in [-0.15, -0.1) is 0 Å². The zero-order chi connectivity index (χ0) is 12.3. The molecule has 0 radical (unpaired) electrons. The van der Waals surface area contributed by atoms with Crippen molar-refractivity contribution in [2.75, 3.05) is 12.4 Å². The molecule has 0 heterocycles. The van der Waals surface area contributed by atoms with Gasteiger partial charge in [0.25, 0.3) is 5.91 Å². The minimum atomic E-state index is -0.673. The number of nitrogens with one attached hydrogen (secondary N) is 1. The minimum absolute atomic E-state index is 0.0297. The summed E-state index contributed by atoms with van der Waals surface area (Å²) in [5.74, 6) is -1.10. The van der Waals surface area contributed by atoms with Crippen LogP contribution in [0, 0.1) is 5.82 Å². The Balaban J connectivity index is 2.91. The van der Waals surface area contributed by atoms with E-state index in [1.165, 1.54) is 13.2 Å². The normalized spacial score (nSPS) is 12.3. The fraction of sp³-hybridized carbons (Fsp3) is 0.300. The van der Waals surface area contributed by atoms with Crippen molar-refractivity contribution in [1.82, 2.24) is 0 Å². The Morgan fingerprint density at radius 2 is 2.25 bits per heavy atom. The molecule has 0 aliphatic rings. The second-order valence-corrected chi connectivity index (χ2v) is 4.32. The van der Waals surface area contributed by atoms with Crippen molar-refractivity contribution in [1.29, 1.82) is 0 Å². The molecule has 3 nitrogen and oxygen atoms in total. The van der Waals surface area contributed by atoms with E-state index < -0.39 is 17.8 Å². The third-order valence-electron chi connectivity index (χ3n) is 2.02. The molecule has 0 aromatic heterocycles. The van der Waals surface area contributed by atoms with Gasteiger partial charge >= 0.3 is 0 Å². The van der Waals surface area contributed by atoms with Crippen LogP contribution >= 0.6 is 27.5 Å². The lowest BCUT2D eigenvalue weighted by Gasteiger charge is -2.11. The number of halogens is 3. The predicted molar refractivity (Wildman–Crippen MR) is 64.2 cm³/mol. The van der Waals surface area contributed by atoms with Gasteiger partial charge in [-0.2, -0.15) is 0 Å².